The first-order valence-electron chi connectivity index (χ1n) is 8.38. The number of rotatable bonds is 8. The van der Waals surface area contributed by atoms with Crippen LogP contribution < -0.4 is 0 Å². The molecule has 0 aromatic heterocycles. The fourth-order valence-corrected chi connectivity index (χ4v) is 2.81. The number of carbonyl (C=O) groups excluding carboxylic acids is 2. The molecule has 5 nitrogen and oxygen atoms in total. The summed E-state index contributed by atoms with van der Waals surface area (Å²) in [6.07, 6.45) is 2.21. The van der Waals surface area contributed by atoms with Crippen LogP contribution >= 0.6 is 0 Å². The minimum Gasteiger partial charge on any atom is -0.459 e. The number of nitrogens with zero attached hydrogens (tertiary/aromatic N) is 2. The summed E-state index contributed by atoms with van der Waals surface area (Å²) in [6, 6.07) is 0.0837. The van der Waals surface area contributed by atoms with E-state index in [2.05, 4.69) is 21.0 Å². The Bertz CT molecular complexity index is 405. The van der Waals surface area contributed by atoms with Gasteiger partial charge in [-0.2, -0.15) is 0 Å². The van der Waals surface area contributed by atoms with E-state index in [0.29, 0.717) is 19.4 Å². The highest BCUT2D eigenvalue weighted by molar-refractivity contribution is 5.79. The molecule has 0 saturated carbocycles. The Hall–Kier alpha value is -1.10. The first-order chi connectivity index (χ1) is 10.1. The van der Waals surface area contributed by atoms with Crippen LogP contribution in [0.1, 0.15) is 47.0 Å². The van der Waals surface area contributed by atoms with Crippen LogP contribution in [0, 0.1) is 5.41 Å². The molecule has 0 bridgehead atoms. The van der Waals surface area contributed by atoms with E-state index in [4.69, 9.17) is 4.74 Å². The Kier molecular flexibility index (Phi) is 6.41. The van der Waals surface area contributed by atoms with Gasteiger partial charge in [0, 0.05) is 19.0 Å². The van der Waals surface area contributed by atoms with Gasteiger partial charge >= 0.3 is 5.97 Å². The maximum atomic E-state index is 12.3. The zero-order chi connectivity index (χ0) is 17.0. The maximum absolute atomic E-state index is 12.3. The van der Waals surface area contributed by atoms with Crippen LogP contribution in [-0.2, 0) is 14.3 Å². The zero-order valence-electron chi connectivity index (χ0n) is 15.1. The minimum absolute atomic E-state index is 0.0837. The summed E-state index contributed by atoms with van der Waals surface area (Å²) < 4.78 is 6.32. The third kappa shape index (κ3) is 5.27. The lowest BCUT2D eigenvalue weighted by Gasteiger charge is -2.32. The second kappa shape index (κ2) is 7.44. The van der Waals surface area contributed by atoms with Gasteiger partial charge in [0.2, 0.25) is 5.91 Å². The second-order valence-electron chi connectivity index (χ2n) is 7.74. The molecule has 0 aliphatic carbocycles. The van der Waals surface area contributed by atoms with Gasteiger partial charge in [0.25, 0.3) is 0 Å². The average molecular weight is 313 g/mol. The molecule has 1 aliphatic rings. The normalized spacial score (nSPS) is 17.7. The lowest BCUT2D eigenvalue weighted by atomic mass is 9.86. The Morgan fingerprint density at radius 3 is 2.55 bits per heavy atom. The molecule has 1 saturated heterocycles. The monoisotopic (exact) mass is 313 g/mol. The predicted octanol–water partition coefficient (Wildman–Crippen LogP) is 2.05. The average Bonchev–Trinajstić information content (AvgIpc) is 2.84. The van der Waals surface area contributed by atoms with Crippen molar-refractivity contribution in [3.63, 3.8) is 0 Å². The van der Waals surface area contributed by atoms with Gasteiger partial charge in [0.15, 0.2) is 0 Å². The molecular formula is C17H33N2O3+. The number of hydrogen-bond donors (Lipinski definition) is 0. The van der Waals surface area contributed by atoms with Crippen molar-refractivity contribution in [2.24, 2.45) is 5.41 Å². The lowest BCUT2D eigenvalue weighted by molar-refractivity contribution is -0.888. The highest BCUT2D eigenvalue weighted by Crippen LogP contribution is 2.28. The first-order valence-corrected chi connectivity index (χ1v) is 8.38. The van der Waals surface area contributed by atoms with Crippen molar-refractivity contribution in [3.8, 4) is 0 Å². The van der Waals surface area contributed by atoms with Crippen LogP contribution in [0.15, 0.2) is 0 Å². The van der Waals surface area contributed by atoms with Crippen molar-refractivity contribution < 1.29 is 18.8 Å². The van der Waals surface area contributed by atoms with Gasteiger partial charge in [-0.25, -0.2) is 0 Å². The Labute approximate surface area is 135 Å². The summed E-state index contributed by atoms with van der Waals surface area (Å²) in [5, 5.41) is 0. The van der Waals surface area contributed by atoms with Crippen molar-refractivity contribution in [1.29, 1.82) is 0 Å². The fraction of sp³-hybridized carbons (Fsp3) is 0.882. The number of amides is 1. The van der Waals surface area contributed by atoms with E-state index in [1.54, 1.807) is 0 Å². The fourth-order valence-electron chi connectivity index (χ4n) is 2.81. The predicted molar refractivity (Wildman–Crippen MR) is 87.3 cm³/mol. The molecule has 0 aromatic rings. The van der Waals surface area contributed by atoms with Gasteiger partial charge < -0.3 is 14.1 Å². The minimum atomic E-state index is -0.564. The Morgan fingerprint density at radius 2 is 2.05 bits per heavy atom. The molecule has 1 amide bonds. The summed E-state index contributed by atoms with van der Waals surface area (Å²) in [4.78, 5) is 26.0. The van der Waals surface area contributed by atoms with Crippen LogP contribution in [0.5, 0.6) is 0 Å². The van der Waals surface area contributed by atoms with E-state index >= 15 is 0 Å². The molecule has 1 fully saturated rings. The molecule has 0 aromatic carbocycles. The number of esters is 1. The molecule has 0 N–H and O–H groups in total. The number of likely N-dealkylation sites (N-methyl/N-ethyl adjacent to an activating group) is 1. The summed E-state index contributed by atoms with van der Waals surface area (Å²) in [5.74, 6) is 0.0424. The topological polar surface area (TPSA) is 46.6 Å². The van der Waals surface area contributed by atoms with Crippen molar-refractivity contribution in [2.75, 3.05) is 40.3 Å². The standard InChI is InChI=1S/C17H33N2O3/c1-7-19(5,6)11-12-22-16(21)17(3,4)13-14(2)18-10-8-9-15(18)20/h14H,7-13H2,1-6H3/q+1. The first kappa shape index (κ1) is 18.9. The lowest BCUT2D eigenvalue weighted by Crippen LogP contribution is -2.43. The van der Waals surface area contributed by atoms with Crippen LogP contribution in [0.3, 0.4) is 0 Å². The second-order valence-corrected chi connectivity index (χ2v) is 7.74. The SMILES string of the molecule is CC[N+](C)(C)CCOC(=O)C(C)(C)CC(C)N1CCCC1=O. The number of carbonyl (C=O) groups is 2. The molecule has 128 valence electrons. The molecule has 1 heterocycles. The largest absolute Gasteiger partial charge is 0.459 e. The van der Waals surface area contributed by atoms with E-state index in [9.17, 15) is 9.59 Å². The Balaban J connectivity index is 2.47. The van der Waals surface area contributed by atoms with Gasteiger partial charge in [0.1, 0.15) is 13.2 Å². The van der Waals surface area contributed by atoms with E-state index in [1.165, 1.54) is 0 Å². The molecular weight excluding hydrogens is 280 g/mol. The van der Waals surface area contributed by atoms with E-state index in [-0.39, 0.29) is 17.9 Å². The van der Waals surface area contributed by atoms with Gasteiger partial charge in [-0.05, 0) is 40.5 Å². The smallest absolute Gasteiger partial charge is 0.311 e. The van der Waals surface area contributed by atoms with Crippen LogP contribution in [0.4, 0.5) is 0 Å². The number of quaternary nitrogens is 1. The van der Waals surface area contributed by atoms with Gasteiger partial charge in [-0.3, -0.25) is 9.59 Å². The van der Waals surface area contributed by atoms with Gasteiger partial charge in [-0.1, -0.05) is 0 Å². The van der Waals surface area contributed by atoms with Crippen LogP contribution in [-0.4, -0.2) is 67.6 Å². The highest BCUT2D eigenvalue weighted by Gasteiger charge is 2.35. The summed E-state index contributed by atoms with van der Waals surface area (Å²) in [7, 11) is 4.25. The molecule has 1 aliphatic heterocycles. The quantitative estimate of drug-likeness (QED) is 0.509. The van der Waals surface area contributed by atoms with Gasteiger partial charge in [0.05, 0.1) is 26.1 Å². The molecule has 0 spiro atoms. The van der Waals surface area contributed by atoms with E-state index in [0.717, 1.165) is 30.5 Å². The van der Waals surface area contributed by atoms with Crippen LogP contribution in [0.25, 0.3) is 0 Å². The van der Waals surface area contributed by atoms with E-state index in [1.807, 2.05) is 25.7 Å². The summed E-state index contributed by atoms with van der Waals surface area (Å²) in [5.41, 5.74) is -0.564. The highest BCUT2D eigenvalue weighted by atomic mass is 16.5. The molecule has 5 heteroatoms. The van der Waals surface area contributed by atoms with Crippen LogP contribution in [0.2, 0.25) is 0 Å². The summed E-state index contributed by atoms with van der Waals surface area (Å²) in [6.45, 7) is 11.1. The molecule has 1 rings (SSSR count). The third-order valence-electron chi connectivity index (χ3n) is 4.79. The van der Waals surface area contributed by atoms with Crippen molar-refractivity contribution >= 4 is 11.9 Å². The molecule has 1 unspecified atom stereocenters. The van der Waals surface area contributed by atoms with Crippen molar-refractivity contribution in [2.45, 2.75) is 53.0 Å². The number of likely N-dealkylation sites (tertiary alicyclic amines) is 1. The molecule has 0 radical (unpaired) electrons. The number of hydrogen-bond acceptors (Lipinski definition) is 3. The van der Waals surface area contributed by atoms with Crippen molar-refractivity contribution in [1.82, 2.24) is 4.90 Å². The zero-order valence-corrected chi connectivity index (χ0v) is 15.1. The van der Waals surface area contributed by atoms with E-state index < -0.39 is 5.41 Å². The molecule has 1 atom stereocenters. The Morgan fingerprint density at radius 1 is 1.41 bits per heavy atom. The van der Waals surface area contributed by atoms with Crippen molar-refractivity contribution in [3.05, 3.63) is 0 Å². The summed E-state index contributed by atoms with van der Waals surface area (Å²) >= 11 is 0. The molecule has 22 heavy (non-hydrogen) atoms. The maximum Gasteiger partial charge on any atom is 0.311 e. The third-order valence-corrected chi connectivity index (χ3v) is 4.79. The number of ether oxygens (including phenoxy) is 1. The van der Waals surface area contributed by atoms with Gasteiger partial charge in [-0.15, -0.1) is 0 Å².